The van der Waals surface area contributed by atoms with Crippen LogP contribution in [0.15, 0.2) is 48.9 Å². The molecule has 4 atom stereocenters. The molecule has 3 aromatic rings. The molecule has 5 rings (SSSR count). The summed E-state index contributed by atoms with van der Waals surface area (Å²) in [7, 11) is 0. The van der Waals surface area contributed by atoms with Crippen LogP contribution in [0.3, 0.4) is 0 Å². The molecular weight excluding hydrogens is 479 g/mol. The van der Waals surface area contributed by atoms with Crippen LogP contribution >= 0.6 is 11.3 Å². The number of carbonyl (C=O) groups excluding carboxylic acids is 1. The van der Waals surface area contributed by atoms with Gasteiger partial charge in [0.25, 0.3) is 5.91 Å². The maximum absolute atomic E-state index is 13.3. The highest BCUT2D eigenvalue weighted by atomic mass is 32.1. The van der Waals surface area contributed by atoms with Crippen LogP contribution in [-0.4, -0.2) is 46.2 Å². The molecule has 0 spiro atoms. The van der Waals surface area contributed by atoms with Gasteiger partial charge in [0.2, 0.25) is 5.82 Å². The Kier molecular flexibility index (Phi) is 6.32. The topological polar surface area (TPSA) is 89.0 Å². The van der Waals surface area contributed by atoms with Crippen molar-refractivity contribution in [3.05, 3.63) is 75.8 Å². The molecule has 11 heteroatoms. The molecule has 2 bridgehead atoms. The van der Waals surface area contributed by atoms with Gasteiger partial charge >= 0.3 is 6.18 Å². The van der Waals surface area contributed by atoms with E-state index in [1.807, 2.05) is 6.92 Å². The average Bonchev–Trinajstić information content (AvgIpc) is 3.59. The van der Waals surface area contributed by atoms with Crippen LogP contribution in [0.25, 0.3) is 0 Å². The van der Waals surface area contributed by atoms with Gasteiger partial charge in [-0.2, -0.15) is 13.2 Å². The Morgan fingerprint density at radius 1 is 1.14 bits per heavy atom. The molecule has 35 heavy (non-hydrogen) atoms. The van der Waals surface area contributed by atoms with Crippen molar-refractivity contribution in [3.8, 4) is 0 Å². The van der Waals surface area contributed by atoms with E-state index in [4.69, 9.17) is 4.74 Å². The van der Waals surface area contributed by atoms with Crippen molar-refractivity contribution in [2.45, 2.75) is 43.6 Å². The third kappa shape index (κ3) is 4.80. The number of benzene rings is 1. The first-order valence-electron chi connectivity index (χ1n) is 11.3. The Hall–Kier alpha value is -2.89. The number of hydrogen-bond acceptors (Lipinski definition) is 7. The lowest BCUT2D eigenvalue weighted by atomic mass is 9.92. The third-order valence-corrected chi connectivity index (χ3v) is 7.63. The quantitative estimate of drug-likeness (QED) is 0.511. The second-order valence-corrected chi connectivity index (χ2v) is 10.2. The minimum atomic E-state index is -4.68. The van der Waals surface area contributed by atoms with E-state index in [0.717, 1.165) is 36.7 Å². The minimum Gasteiger partial charge on any atom is -0.375 e. The largest absolute Gasteiger partial charge is 0.451 e. The van der Waals surface area contributed by atoms with Crippen LogP contribution < -0.4 is 10.6 Å². The molecule has 2 aromatic heterocycles. The second kappa shape index (κ2) is 9.29. The molecule has 1 saturated heterocycles. The number of amides is 1. The maximum atomic E-state index is 13.3. The Bertz CT molecular complexity index is 1190. The van der Waals surface area contributed by atoms with Crippen LogP contribution in [0.5, 0.6) is 0 Å². The van der Waals surface area contributed by atoms with Crippen molar-refractivity contribution in [2.75, 3.05) is 13.2 Å². The van der Waals surface area contributed by atoms with Gasteiger partial charge in [-0.05, 0) is 37.8 Å². The number of fused-ring (bicyclic) bond motifs is 2. The number of nitrogens with one attached hydrogen (secondary N) is 2. The SMILES string of the molecule is Cc1cnc([C@@](COC2CC3CC2CN3)(NC(=O)c2ccccc2)c2cnc(C(F)(F)F)nc2)s1. The summed E-state index contributed by atoms with van der Waals surface area (Å²) in [5.74, 6) is -1.30. The van der Waals surface area contributed by atoms with Gasteiger partial charge in [0.1, 0.15) is 10.5 Å². The zero-order valence-electron chi connectivity index (χ0n) is 18.9. The Morgan fingerprint density at radius 2 is 1.89 bits per heavy atom. The summed E-state index contributed by atoms with van der Waals surface area (Å²) >= 11 is 1.34. The standard InChI is InChI=1S/C24H24F3N5O2S/c1-14-9-31-22(35-14)23(32-20(33)15-5-3-2-4-6-15,13-34-19-8-18-7-16(19)10-28-18)17-11-29-21(30-12-17)24(25,26)27/h2-6,9,11-12,16,18-19,28H,7-8,10,13H2,1H3,(H,32,33)/t16?,18?,19?,23-/m0/s1. The summed E-state index contributed by atoms with van der Waals surface area (Å²) in [5, 5.41) is 6.95. The zero-order valence-corrected chi connectivity index (χ0v) is 19.7. The Labute approximate surface area is 204 Å². The third-order valence-electron chi connectivity index (χ3n) is 6.56. The predicted octanol–water partition coefficient (Wildman–Crippen LogP) is 3.70. The highest BCUT2D eigenvalue weighted by Crippen LogP contribution is 2.38. The first kappa shape index (κ1) is 23.8. The maximum Gasteiger partial charge on any atom is 0.451 e. The number of halogens is 3. The molecule has 1 aliphatic carbocycles. The first-order chi connectivity index (χ1) is 16.7. The Morgan fingerprint density at radius 3 is 2.46 bits per heavy atom. The van der Waals surface area contributed by atoms with E-state index in [1.165, 1.54) is 11.3 Å². The van der Waals surface area contributed by atoms with Crippen LogP contribution in [0.4, 0.5) is 13.2 Å². The van der Waals surface area contributed by atoms with Gasteiger partial charge in [-0.25, -0.2) is 15.0 Å². The van der Waals surface area contributed by atoms with Gasteiger partial charge in [-0.3, -0.25) is 4.79 Å². The zero-order chi connectivity index (χ0) is 24.6. The summed E-state index contributed by atoms with van der Waals surface area (Å²) in [6.45, 7) is 2.72. The van der Waals surface area contributed by atoms with E-state index < -0.39 is 23.4 Å². The van der Waals surface area contributed by atoms with Crippen molar-refractivity contribution >= 4 is 17.2 Å². The molecule has 1 aliphatic heterocycles. The lowest BCUT2D eigenvalue weighted by Gasteiger charge is -2.35. The van der Waals surface area contributed by atoms with E-state index in [-0.39, 0.29) is 18.3 Å². The highest BCUT2D eigenvalue weighted by molar-refractivity contribution is 7.11. The van der Waals surface area contributed by atoms with Crippen molar-refractivity contribution in [1.29, 1.82) is 0 Å². The number of piperidine rings is 1. The summed E-state index contributed by atoms with van der Waals surface area (Å²) < 4.78 is 45.9. The molecule has 3 heterocycles. The number of alkyl halides is 3. The summed E-state index contributed by atoms with van der Waals surface area (Å²) in [6.07, 6.45) is 1.02. The molecule has 1 aromatic carbocycles. The van der Waals surface area contributed by atoms with Crippen molar-refractivity contribution in [2.24, 2.45) is 5.92 Å². The van der Waals surface area contributed by atoms with Crippen molar-refractivity contribution < 1.29 is 22.7 Å². The lowest BCUT2D eigenvalue weighted by Crippen LogP contribution is -2.51. The molecular formula is C24H24F3N5O2S. The van der Waals surface area contributed by atoms with E-state index in [0.29, 0.717) is 22.5 Å². The van der Waals surface area contributed by atoms with Gasteiger partial charge in [-0.1, -0.05) is 18.2 Å². The lowest BCUT2D eigenvalue weighted by molar-refractivity contribution is -0.145. The van der Waals surface area contributed by atoms with E-state index in [9.17, 15) is 18.0 Å². The number of thiazole rings is 1. The van der Waals surface area contributed by atoms with Gasteiger partial charge < -0.3 is 15.4 Å². The molecule has 1 amide bonds. The monoisotopic (exact) mass is 503 g/mol. The second-order valence-electron chi connectivity index (χ2n) is 8.98. The molecule has 184 valence electrons. The van der Waals surface area contributed by atoms with Crippen LogP contribution in [0.1, 0.15) is 44.5 Å². The first-order valence-corrected chi connectivity index (χ1v) is 12.1. The molecule has 2 N–H and O–H groups in total. The minimum absolute atomic E-state index is 0.0128. The van der Waals surface area contributed by atoms with Crippen LogP contribution in [0, 0.1) is 12.8 Å². The normalized spacial score (nSPS) is 23.3. The van der Waals surface area contributed by atoms with Gasteiger partial charge in [-0.15, -0.1) is 11.3 Å². The molecule has 2 aliphatic rings. The summed E-state index contributed by atoms with van der Waals surface area (Å²) in [5.41, 5.74) is -0.696. The fourth-order valence-electron chi connectivity index (χ4n) is 4.75. The van der Waals surface area contributed by atoms with E-state index in [2.05, 4.69) is 25.6 Å². The predicted molar refractivity (Wildman–Crippen MR) is 123 cm³/mol. The molecule has 3 unspecified atom stereocenters. The number of rotatable bonds is 7. The molecule has 0 radical (unpaired) electrons. The summed E-state index contributed by atoms with van der Waals surface area (Å²) in [4.78, 5) is 25.9. The average molecular weight is 504 g/mol. The van der Waals surface area contributed by atoms with E-state index >= 15 is 0 Å². The van der Waals surface area contributed by atoms with Gasteiger partial charge in [0.15, 0.2) is 0 Å². The molecule has 7 nitrogen and oxygen atoms in total. The summed E-state index contributed by atoms with van der Waals surface area (Å²) in [6, 6.07) is 9.01. The van der Waals surface area contributed by atoms with Crippen molar-refractivity contribution in [3.63, 3.8) is 0 Å². The van der Waals surface area contributed by atoms with Crippen molar-refractivity contribution in [1.82, 2.24) is 25.6 Å². The van der Waals surface area contributed by atoms with Gasteiger partial charge in [0.05, 0.1) is 12.7 Å². The fraction of sp³-hybridized carbons (Fsp3) is 0.417. The van der Waals surface area contributed by atoms with Crippen LogP contribution in [-0.2, 0) is 16.5 Å². The Balaban J connectivity index is 1.55. The number of aromatic nitrogens is 3. The van der Waals surface area contributed by atoms with Gasteiger partial charge in [0, 0.05) is 47.2 Å². The number of ether oxygens (including phenoxy) is 1. The number of carbonyl (C=O) groups is 1. The highest BCUT2D eigenvalue weighted by Gasteiger charge is 2.45. The molecule has 2 fully saturated rings. The number of nitrogens with zero attached hydrogens (tertiary/aromatic N) is 3. The van der Waals surface area contributed by atoms with E-state index in [1.54, 1.807) is 36.5 Å². The smallest absolute Gasteiger partial charge is 0.375 e. The number of aryl methyl sites for hydroxylation is 1. The molecule has 1 saturated carbocycles. The number of hydrogen-bond donors (Lipinski definition) is 2. The fourth-order valence-corrected chi connectivity index (χ4v) is 5.67. The van der Waals surface area contributed by atoms with Crippen LogP contribution in [0.2, 0.25) is 0 Å².